The zero-order valence-electron chi connectivity index (χ0n) is 17.2. The zero-order valence-corrected chi connectivity index (χ0v) is 17.2. The van der Waals surface area contributed by atoms with E-state index >= 15 is 0 Å². The second-order valence-corrected chi connectivity index (χ2v) is 8.44. The lowest BCUT2D eigenvalue weighted by molar-refractivity contribution is 0.0929. The summed E-state index contributed by atoms with van der Waals surface area (Å²) in [6.45, 7) is 1.87. The van der Waals surface area contributed by atoms with Crippen LogP contribution in [-0.2, 0) is 12.8 Å². The van der Waals surface area contributed by atoms with Gasteiger partial charge in [0.15, 0.2) is 0 Å². The van der Waals surface area contributed by atoms with Crippen LogP contribution in [0.3, 0.4) is 0 Å². The summed E-state index contributed by atoms with van der Waals surface area (Å²) in [6.07, 6.45) is 3.38. The summed E-state index contributed by atoms with van der Waals surface area (Å²) in [5.74, 6) is -1.17. The zero-order chi connectivity index (χ0) is 21.4. The molecule has 1 aliphatic carbocycles. The van der Waals surface area contributed by atoms with Gasteiger partial charge in [0, 0.05) is 23.2 Å². The number of hydrogen-bond donors (Lipinski definition) is 2. The Kier molecular flexibility index (Phi) is 5.28. The molecule has 31 heavy (non-hydrogen) atoms. The molecule has 2 N–H and O–H groups in total. The van der Waals surface area contributed by atoms with Crippen LogP contribution in [0.2, 0.25) is 0 Å². The average Bonchev–Trinajstić information content (AvgIpc) is 2.77. The van der Waals surface area contributed by atoms with Crippen molar-refractivity contribution < 1.29 is 13.6 Å². The average molecular weight is 418 g/mol. The Bertz CT molecular complexity index is 1150. The van der Waals surface area contributed by atoms with Crippen LogP contribution < -0.4 is 10.6 Å². The van der Waals surface area contributed by atoms with Crippen molar-refractivity contribution in [2.24, 2.45) is 0 Å². The lowest BCUT2D eigenvalue weighted by Crippen LogP contribution is -2.42. The lowest BCUT2D eigenvalue weighted by Gasteiger charge is -2.24. The molecule has 0 aromatic heterocycles. The molecule has 5 heteroatoms. The largest absolute Gasteiger partial charge is 0.349 e. The summed E-state index contributed by atoms with van der Waals surface area (Å²) in [4.78, 5) is 12.7. The standard InChI is InChI=1S/C26H24F2N2O/c27-22-5-6-24(25(28)15-22)18-3-1-16-11-17-2-4-19(13-21(17)14-20(16)12-18)26(31)30-23-7-9-29-10-8-23/h1-6,12-13,15,23,29H,7-11,14H2,(H,30,31). The Balaban J connectivity index is 1.39. The van der Waals surface area contributed by atoms with Gasteiger partial charge >= 0.3 is 0 Å². The van der Waals surface area contributed by atoms with Gasteiger partial charge in [-0.3, -0.25) is 4.79 Å². The molecule has 1 aliphatic heterocycles. The number of halogens is 2. The molecule has 3 aromatic carbocycles. The van der Waals surface area contributed by atoms with Crippen LogP contribution in [-0.4, -0.2) is 25.0 Å². The molecule has 0 atom stereocenters. The molecule has 1 heterocycles. The maximum absolute atomic E-state index is 14.3. The molecule has 0 spiro atoms. The number of amides is 1. The quantitative estimate of drug-likeness (QED) is 0.510. The summed E-state index contributed by atoms with van der Waals surface area (Å²) in [5.41, 5.74) is 6.47. The minimum atomic E-state index is -0.580. The minimum absolute atomic E-state index is 0.0253. The molecule has 0 bridgehead atoms. The monoisotopic (exact) mass is 418 g/mol. The van der Waals surface area contributed by atoms with Crippen LogP contribution in [0, 0.1) is 11.6 Å². The van der Waals surface area contributed by atoms with Crippen LogP contribution in [0.25, 0.3) is 11.1 Å². The molecule has 2 aliphatic rings. The fraction of sp³-hybridized carbons (Fsp3) is 0.269. The van der Waals surface area contributed by atoms with Crippen molar-refractivity contribution in [1.82, 2.24) is 10.6 Å². The van der Waals surface area contributed by atoms with Crippen LogP contribution in [0.5, 0.6) is 0 Å². The number of carbonyl (C=O) groups excluding carboxylic acids is 1. The molecule has 1 fully saturated rings. The molecule has 1 saturated heterocycles. The third-order valence-corrected chi connectivity index (χ3v) is 6.35. The number of hydrogen-bond acceptors (Lipinski definition) is 2. The van der Waals surface area contributed by atoms with Gasteiger partial charge in [-0.25, -0.2) is 8.78 Å². The normalized spacial score (nSPS) is 15.8. The Morgan fingerprint density at radius 2 is 1.55 bits per heavy atom. The molecule has 3 aromatic rings. The molecular formula is C26H24F2N2O. The SMILES string of the molecule is O=C(NC1CCNCC1)c1ccc2c(c1)Cc1cc(-c3ccc(F)cc3F)ccc1C2. The smallest absolute Gasteiger partial charge is 0.251 e. The van der Waals surface area contributed by atoms with E-state index in [1.807, 2.05) is 36.4 Å². The van der Waals surface area contributed by atoms with Gasteiger partial charge in [-0.15, -0.1) is 0 Å². The van der Waals surface area contributed by atoms with E-state index < -0.39 is 11.6 Å². The lowest BCUT2D eigenvalue weighted by atomic mass is 9.83. The van der Waals surface area contributed by atoms with Crippen molar-refractivity contribution >= 4 is 5.91 Å². The van der Waals surface area contributed by atoms with E-state index in [4.69, 9.17) is 0 Å². The van der Waals surface area contributed by atoms with Gasteiger partial charge in [0.1, 0.15) is 11.6 Å². The van der Waals surface area contributed by atoms with Crippen LogP contribution in [0.1, 0.15) is 45.5 Å². The van der Waals surface area contributed by atoms with Crippen LogP contribution in [0.4, 0.5) is 8.78 Å². The van der Waals surface area contributed by atoms with E-state index in [0.717, 1.165) is 55.1 Å². The van der Waals surface area contributed by atoms with Gasteiger partial charge in [-0.2, -0.15) is 0 Å². The summed E-state index contributed by atoms with van der Waals surface area (Å²) in [5, 5.41) is 6.46. The predicted molar refractivity (Wildman–Crippen MR) is 117 cm³/mol. The van der Waals surface area contributed by atoms with Gasteiger partial charge < -0.3 is 10.6 Å². The first-order valence-electron chi connectivity index (χ1n) is 10.8. The summed E-state index contributed by atoms with van der Waals surface area (Å²) in [7, 11) is 0. The van der Waals surface area contributed by atoms with Gasteiger partial charge in [-0.05, 0) is 90.9 Å². The number of nitrogens with one attached hydrogen (secondary N) is 2. The Morgan fingerprint density at radius 3 is 2.32 bits per heavy atom. The van der Waals surface area contributed by atoms with Gasteiger partial charge in [0.2, 0.25) is 0 Å². The second-order valence-electron chi connectivity index (χ2n) is 8.44. The molecule has 3 nitrogen and oxygen atoms in total. The first-order chi connectivity index (χ1) is 15.1. The topological polar surface area (TPSA) is 41.1 Å². The fourth-order valence-electron chi connectivity index (χ4n) is 4.60. The van der Waals surface area contributed by atoms with Gasteiger partial charge in [-0.1, -0.05) is 24.3 Å². The van der Waals surface area contributed by atoms with E-state index in [1.165, 1.54) is 23.3 Å². The number of piperidine rings is 1. The van der Waals surface area contributed by atoms with E-state index in [1.54, 1.807) is 0 Å². The maximum atomic E-state index is 14.3. The molecule has 0 unspecified atom stereocenters. The van der Waals surface area contributed by atoms with Crippen molar-refractivity contribution in [2.75, 3.05) is 13.1 Å². The summed E-state index contributed by atoms with van der Waals surface area (Å²) >= 11 is 0. The molecular weight excluding hydrogens is 394 g/mol. The summed E-state index contributed by atoms with van der Waals surface area (Å²) < 4.78 is 27.5. The predicted octanol–water partition coefficient (Wildman–Crippen LogP) is 4.61. The Labute approximate surface area is 180 Å². The van der Waals surface area contributed by atoms with Crippen molar-refractivity contribution in [2.45, 2.75) is 31.7 Å². The van der Waals surface area contributed by atoms with Crippen molar-refractivity contribution in [3.63, 3.8) is 0 Å². The molecule has 5 rings (SSSR count). The highest BCUT2D eigenvalue weighted by atomic mass is 19.1. The first kappa shape index (κ1) is 19.9. The molecule has 0 radical (unpaired) electrons. The fourth-order valence-corrected chi connectivity index (χ4v) is 4.60. The Hall–Kier alpha value is -3.05. The highest BCUT2D eigenvalue weighted by Crippen LogP contribution is 2.32. The van der Waals surface area contributed by atoms with E-state index in [2.05, 4.69) is 10.6 Å². The van der Waals surface area contributed by atoms with E-state index in [9.17, 15) is 13.6 Å². The van der Waals surface area contributed by atoms with Crippen molar-refractivity contribution in [3.05, 3.63) is 94.0 Å². The van der Waals surface area contributed by atoms with Gasteiger partial charge in [0.05, 0.1) is 0 Å². The highest BCUT2D eigenvalue weighted by Gasteiger charge is 2.20. The van der Waals surface area contributed by atoms with E-state index in [0.29, 0.717) is 17.5 Å². The number of fused-ring (bicyclic) bond motifs is 2. The molecule has 0 saturated carbocycles. The van der Waals surface area contributed by atoms with Crippen LogP contribution >= 0.6 is 0 Å². The third kappa shape index (κ3) is 4.10. The van der Waals surface area contributed by atoms with Crippen LogP contribution in [0.15, 0.2) is 54.6 Å². The first-order valence-corrected chi connectivity index (χ1v) is 10.8. The second kappa shape index (κ2) is 8.23. The minimum Gasteiger partial charge on any atom is -0.349 e. The van der Waals surface area contributed by atoms with Crippen molar-refractivity contribution in [3.8, 4) is 11.1 Å². The van der Waals surface area contributed by atoms with Crippen molar-refractivity contribution in [1.29, 1.82) is 0 Å². The highest BCUT2D eigenvalue weighted by molar-refractivity contribution is 5.94. The summed E-state index contributed by atoms with van der Waals surface area (Å²) in [6, 6.07) is 15.7. The van der Waals surface area contributed by atoms with Gasteiger partial charge in [0.25, 0.3) is 5.91 Å². The number of carbonyl (C=O) groups is 1. The number of benzene rings is 3. The Morgan fingerprint density at radius 1 is 0.839 bits per heavy atom. The molecule has 1 amide bonds. The maximum Gasteiger partial charge on any atom is 0.251 e. The number of rotatable bonds is 3. The third-order valence-electron chi connectivity index (χ3n) is 6.35. The van der Waals surface area contributed by atoms with E-state index in [-0.39, 0.29) is 11.9 Å². The molecule has 158 valence electrons.